The van der Waals surface area contributed by atoms with Crippen LogP contribution >= 0.6 is 24.2 Å². The number of benzene rings is 2. The summed E-state index contributed by atoms with van der Waals surface area (Å²) in [6.45, 7) is 2.11. The van der Waals surface area contributed by atoms with Gasteiger partial charge in [-0.25, -0.2) is 4.39 Å². The molecule has 0 amide bonds. The van der Waals surface area contributed by atoms with E-state index in [0.29, 0.717) is 0 Å². The molecule has 0 heterocycles. The van der Waals surface area contributed by atoms with Gasteiger partial charge in [-0.15, -0.1) is 24.2 Å². The molecule has 2 aromatic carbocycles. The molecule has 0 saturated carbocycles. The van der Waals surface area contributed by atoms with Gasteiger partial charge in [-0.2, -0.15) is 0 Å². The lowest BCUT2D eigenvalue weighted by Gasteiger charge is -2.11. The average Bonchev–Trinajstić information content (AvgIpc) is 2.44. The lowest BCUT2D eigenvalue weighted by atomic mass is 10.0. The Morgan fingerprint density at radius 3 is 2.52 bits per heavy atom. The second-order valence-corrected chi connectivity index (χ2v) is 6.13. The first-order valence-corrected chi connectivity index (χ1v) is 7.84. The van der Waals surface area contributed by atoms with Crippen LogP contribution in [0.15, 0.2) is 53.4 Å². The Morgan fingerprint density at radius 2 is 1.86 bits per heavy atom. The highest BCUT2D eigenvalue weighted by Crippen LogP contribution is 2.22. The van der Waals surface area contributed by atoms with Crippen LogP contribution in [0.1, 0.15) is 30.0 Å². The molecule has 0 bridgehead atoms. The molecule has 2 aromatic rings. The number of hydrogen-bond donors (Lipinski definition) is 1. The van der Waals surface area contributed by atoms with Gasteiger partial charge < -0.3 is 5.73 Å². The summed E-state index contributed by atoms with van der Waals surface area (Å²) in [6, 6.07) is 15.0. The molecule has 0 saturated heterocycles. The van der Waals surface area contributed by atoms with Crippen molar-refractivity contribution in [2.24, 2.45) is 5.73 Å². The summed E-state index contributed by atoms with van der Waals surface area (Å²) >= 11 is 1.86. The number of hydrogen-bond acceptors (Lipinski definition) is 2. The summed E-state index contributed by atoms with van der Waals surface area (Å²) in [5.41, 5.74) is 8.41. The highest BCUT2D eigenvalue weighted by molar-refractivity contribution is 7.99. The van der Waals surface area contributed by atoms with Gasteiger partial charge in [0.1, 0.15) is 5.82 Å². The van der Waals surface area contributed by atoms with E-state index in [1.54, 1.807) is 12.1 Å². The summed E-state index contributed by atoms with van der Waals surface area (Å²) in [7, 11) is 0. The quantitative estimate of drug-likeness (QED) is 0.588. The largest absolute Gasteiger partial charge is 0.324 e. The molecule has 0 spiro atoms. The molecule has 1 atom stereocenters. The summed E-state index contributed by atoms with van der Waals surface area (Å²) in [4.78, 5) is 1.31. The van der Waals surface area contributed by atoms with Crippen molar-refractivity contribution in [2.45, 2.75) is 30.7 Å². The molecule has 0 radical (unpaired) electrons. The molecule has 2 N–H and O–H groups in total. The molecule has 114 valence electrons. The third-order valence-electron chi connectivity index (χ3n) is 3.22. The summed E-state index contributed by atoms with van der Waals surface area (Å²) in [5.74, 6) is 0.842. The zero-order valence-electron chi connectivity index (χ0n) is 12.1. The first kappa shape index (κ1) is 18.0. The van der Waals surface area contributed by atoms with Gasteiger partial charge in [0.25, 0.3) is 0 Å². The van der Waals surface area contributed by atoms with Crippen molar-refractivity contribution in [3.63, 3.8) is 0 Å². The lowest BCUT2D eigenvalue weighted by molar-refractivity contribution is 0.617. The van der Waals surface area contributed by atoms with Crippen molar-refractivity contribution in [3.8, 4) is 0 Å². The fourth-order valence-corrected chi connectivity index (χ4v) is 3.07. The highest BCUT2D eigenvalue weighted by Gasteiger charge is 2.06. The Labute approximate surface area is 136 Å². The van der Waals surface area contributed by atoms with Crippen molar-refractivity contribution in [3.05, 3.63) is 65.5 Å². The van der Waals surface area contributed by atoms with E-state index in [-0.39, 0.29) is 24.3 Å². The molecule has 0 aliphatic heterocycles. The summed E-state index contributed by atoms with van der Waals surface area (Å²) < 4.78 is 12.8. The van der Waals surface area contributed by atoms with Gasteiger partial charge in [0.05, 0.1) is 0 Å². The van der Waals surface area contributed by atoms with E-state index in [9.17, 15) is 4.39 Å². The van der Waals surface area contributed by atoms with Crippen LogP contribution in [0.2, 0.25) is 0 Å². The Balaban J connectivity index is 0.00000220. The third kappa shape index (κ3) is 6.08. The molecule has 0 aliphatic rings. The first-order chi connectivity index (χ1) is 9.65. The number of rotatable bonds is 6. The van der Waals surface area contributed by atoms with E-state index in [4.69, 9.17) is 5.73 Å². The van der Waals surface area contributed by atoms with Gasteiger partial charge in [-0.3, -0.25) is 0 Å². The van der Waals surface area contributed by atoms with Crippen LogP contribution in [0.5, 0.6) is 0 Å². The fourth-order valence-electron chi connectivity index (χ4n) is 2.08. The van der Waals surface area contributed by atoms with Crippen molar-refractivity contribution < 1.29 is 4.39 Å². The molecule has 1 nitrogen and oxygen atoms in total. The van der Waals surface area contributed by atoms with Crippen LogP contribution in [0, 0.1) is 12.7 Å². The minimum Gasteiger partial charge on any atom is -0.324 e. The number of aryl methyl sites for hydroxylation is 1. The Morgan fingerprint density at radius 1 is 1.14 bits per heavy atom. The van der Waals surface area contributed by atoms with Gasteiger partial charge in [0, 0.05) is 10.9 Å². The highest BCUT2D eigenvalue weighted by atomic mass is 35.5. The molecular formula is C17H21ClFNS. The van der Waals surface area contributed by atoms with Crippen LogP contribution in [-0.2, 0) is 0 Å². The first-order valence-electron chi connectivity index (χ1n) is 6.85. The predicted molar refractivity (Wildman–Crippen MR) is 91.7 cm³/mol. The Bertz CT molecular complexity index is 545. The van der Waals surface area contributed by atoms with Gasteiger partial charge >= 0.3 is 0 Å². The Kier molecular flexibility index (Phi) is 7.79. The van der Waals surface area contributed by atoms with Gasteiger partial charge in [0.15, 0.2) is 0 Å². The molecule has 0 aromatic heterocycles. The smallest absolute Gasteiger partial charge is 0.123 e. The number of halogens is 2. The SMILES string of the molecule is Cc1cccc(SCCCC(N)c2ccc(F)cc2)c1.Cl. The van der Waals surface area contributed by atoms with E-state index >= 15 is 0 Å². The van der Waals surface area contributed by atoms with Crippen molar-refractivity contribution in [1.82, 2.24) is 0 Å². The van der Waals surface area contributed by atoms with E-state index in [1.165, 1.54) is 22.6 Å². The zero-order chi connectivity index (χ0) is 14.4. The fraction of sp³-hybridized carbons (Fsp3) is 0.294. The van der Waals surface area contributed by atoms with Gasteiger partial charge in [0.2, 0.25) is 0 Å². The standard InChI is InChI=1S/C17H20FNS.ClH/c1-13-4-2-5-16(12-13)20-11-3-6-17(19)14-7-9-15(18)10-8-14;/h2,4-5,7-10,12,17H,3,6,11,19H2,1H3;1H. The predicted octanol–water partition coefficient (Wildman–Crippen LogP) is 5.13. The number of thioether (sulfide) groups is 1. The summed E-state index contributed by atoms with van der Waals surface area (Å²) in [5, 5.41) is 0. The third-order valence-corrected chi connectivity index (χ3v) is 4.30. The monoisotopic (exact) mass is 325 g/mol. The molecule has 2 rings (SSSR count). The van der Waals surface area contributed by atoms with Gasteiger partial charge in [-0.05, 0) is 55.3 Å². The molecule has 21 heavy (non-hydrogen) atoms. The number of nitrogens with two attached hydrogens (primary N) is 1. The van der Waals surface area contributed by atoms with E-state index in [1.807, 2.05) is 11.8 Å². The average molecular weight is 326 g/mol. The minimum absolute atomic E-state index is 0. The maximum absolute atomic E-state index is 12.8. The summed E-state index contributed by atoms with van der Waals surface area (Å²) in [6.07, 6.45) is 1.97. The van der Waals surface area contributed by atoms with Crippen LogP contribution in [0.4, 0.5) is 4.39 Å². The molecule has 1 unspecified atom stereocenters. The van der Waals surface area contributed by atoms with Crippen LogP contribution in [0.3, 0.4) is 0 Å². The van der Waals surface area contributed by atoms with E-state index in [2.05, 4.69) is 31.2 Å². The molecule has 0 aliphatic carbocycles. The minimum atomic E-state index is -0.212. The van der Waals surface area contributed by atoms with Crippen molar-refractivity contribution >= 4 is 24.2 Å². The van der Waals surface area contributed by atoms with Gasteiger partial charge in [-0.1, -0.05) is 29.8 Å². The maximum atomic E-state index is 12.8. The zero-order valence-corrected chi connectivity index (χ0v) is 13.7. The topological polar surface area (TPSA) is 26.0 Å². The lowest BCUT2D eigenvalue weighted by Crippen LogP contribution is -2.10. The maximum Gasteiger partial charge on any atom is 0.123 e. The molecule has 4 heteroatoms. The Hall–Kier alpha value is -1.03. The van der Waals surface area contributed by atoms with Crippen molar-refractivity contribution in [2.75, 3.05) is 5.75 Å². The van der Waals surface area contributed by atoms with Crippen LogP contribution in [-0.4, -0.2) is 5.75 Å². The second-order valence-electron chi connectivity index (χ2n) is 4.97. The van der Waals surface area contributed by atoms with Crippen LogP contribution < -0.4 is 5.73 Å². The van der Waals surface area contributed by atoms with E-state index in [0.717, 1.165) is 24.2 Å². The molecule has 0 fully saturated rings. The molecular weight excluding hydrogens is 305 g/mol. The van der Waals surface area contributed by atoms with E-state index < -0.39 is 0 Å². The normalized spacial score (nSPS) is 11.8. The second kappa shape index (κ2) is 9.08. The van der Waals surface area contributed by atoms with Crippen molar-refractivity contribution in [1.29, 1.82) is 0 Å². The van der Waals surface area contributed by atoms with Crippen LogP contribution in [0.25, 0.3) is 0 Å².